The third-order valence-electron chi connectivity index (χ3n) is 5.58. The standard InChI is InChI=1S/C26H20Cl2N2O6S/c1-4-11-36-25(34)23-13(2)29-26(37-23)30-20(15-7-10-17(27)18(28)12-15)19(22(32)24(30)33)21(31)14-5-8-16(35-3)9-6-14/h4-10,12,20,31H,1,11H2,2-3H3/b21-19-. The average molecular weight is 559 g/mol. The lowest BCUT2D eigenvalue weighted by molar-refractivity contribution is -0.132. The molecule has 1 atom stereocenters. The van der Waals surface area contributed by atoms with E-state index in [0.717, 1.165) is 16.2 Å². The summed E-state index contributed by atoms with van der Waals surface area (Å²) in [6.45, 7) is 5.11. The zero-order valence-corrected chi connectivity index (χ0v) is 22.0. The van der Waals surface area contributed by atoms with Crippen molar-refractivity contribution in [2.24, 2.45) is 0 Å². The van der Waals surface area contributed by atoms with Crippen molar-refractivity contribution >= 4 is 63.1 Å². The van der Waals surface area contributed by atoms with E-state index in [9.17, 15) is 19.5 Å². The number of halogens is 2. The molecule has 1 amide bonds. The van der Waals surface area contributed by atoms with Gasteiger partial charge in [0.2, 0.25) is 0 Å². The molecular weight excluding hydrogens is 539 g/mol. The summed E-state index contributed by atoms with van der Waals surface area (Å²) < 4.78 is 10.3. The van der Waals surface area contributed by atoms with Crippen molar-refractivity contribution in [1.82, 2.24) is 4.98 Å². The third-order valence-corrected chi connectivity index (χ3v) is 7.45. The molecular formula is C26H20Cl2N2O6S. The first-order valence-corrected chi connectivity index (χ1v) is 12.4. The molecule has 3 aromatic rings. The molecule has 4 rings (SSSR count). The number of hydrogen-bond acceptors (Lipinski definition) is 8. The molecule has 0 saturated carbocycles. The maximum Gasteiger partial charge on any atom is 0.350 e. The van der Waals surface area contributed by atoms with Gasteiger partial charge in [0.15, 0.2) is 5.13 Å². The van der Waals surface area contributed by atoms with Crippen LogP contribution in [0.3, 0.4) is 0 Å². The zero-order valence-electron chi connectivity index (χ0n) is 19.7. The van der Waals surface area contributed by atoms with Gasteiger partial charge in [-0.15, -0.1) is 0 Å². The molecule has 190 valence electrons. The molecule has 1 unspecified atom stereocenters. The van der Waals surface area contributed by atoms with Gasteiger partial charge in [0.05, 0.1) is 34.5 Å². The predicted octanol–water partition coefficient (Wildman–Crippen LogP) is 5.74. The van der Waals surface area contributed by atoms with Crippen molar-refractivity contribution < 1.29 is 29.0 Å². The molecule has 0 spiro atoms. The molecule has 37 heavy (non-hydrogen) atoms. The number of aliphatic hydroxyl groups is 1. The molecule has 11 heteroatoms. The highest BCUT2D eigenvalue weighted by Crippen LogP contribution is 2.45. The lowest BCUT2D eigenvalue weighted by Gasteiger charge is -2.23. The van der Waals surface area contributed by atoms with Crippen LogP contribution in [-0.2, 0) is 14.3 Å². The zero-order chi connectivity index (χ0) is 26.9. The van der Waals surface area contributed by atoms with Gasteiger partial charge in [0, 0.05) is 5.56 Å². The summed E-state index contributed by atoms with van der Waals surface area (Å²) in [5.74, 6) is -2.33. The first kappa shape index (κ1) is 26.4. The number of aryl methyl sites for hydroxylation is 1. The number of ketones is 1. The SMILES string of the molecule is C=CCOC(=O)c1sc(N2C(=O)C(=O)/C(=C(\O)c3ccc(OC)cc3)C2c2ccc(Cl)c(Cl)c2)nc1C. The number of aromatic nitrogens is 1. The fourth-order valence-corrected chi connectivity index (χ4v) is 5.10. The number of carbonyl (C=O) groups is 3. The van der Waals surface area contributed by atoms with Gasteiger partial charge in [-0.1, -0.05) is 53.3 Å². The molecule has 0 radical (unpaired) electrons. The number of Topliss-reactive ketones (excluding diaryl/α,β-unsaturated/α-hetero) is 1. The van der Waals surface area contributed by atoms with Crippen molar-refractivity contribution in [2.45, 2.75) is 13.0 Å². The minimum atomic E-state index is -1.10. The average Bonchev–Trinajstić information content (AvgIpc) is 3.40. The van der Waals surface area contributed by atoms with E-state index in [1.54, 1.807) is 37.3 Å². The van der Waals surface area contributed by atoms with Crippen molar-refractivity contribution in [1.29, 1.82) is 0 Å². The summed E-state index contributed by atoms with van der Waals surface area (Å²) in [5, 5.41) is 11.8. The Morgan fingerprint density at radius 3 is 2.51 bits per heavy atom. The Bertz CT molecular complexity index is 1450. The summed E-state index contributed by atoms with van der Waals surface area (Å²) in [6.07, 6.45) is 1.43. The van der Waals surface area contributed by atoms with E-state index in [4.69, 9.17) is 32.7 Å². The second-order valence-electron chi connectivity index (χ2n) is 7.87. The van der Waals surface area contributed by atoms with Crippen LogP contribution in [0, 0.1) is 6.92 Å². The number of benzene rings is 2. The summed E-state index contributed by atoms with van der Waals surface area (Å²) in [7, 11) is 1.50. The second kappa shape index (κ2) is 10.8. The number of esters is 1. The van der Waals surface area contributed by atoms with Gasteiger partial charge < -0.3 is 14.6 Å². The van der Waals surface area contributed by atoms with Crippen LogP contribution in [0.4, 0.5) is 5.13 Å². The Hall–Kier alpha value is -3.66. The fourth-order valence-electron chi connectivity index (χ4n) is 3.81. The van der Waals surface area contributed by atoms with Gasteiger partial charge in [-0.05, 0) is 48.9 Å². The number of carbonyl (C=O) groups excluding carboxylic acids is 3. The van der Waals surface area contributed by atoms with E-state index in [2.05, 4.69) is 11.6 Å². The van der Waals surface area contributed by atoms with Gasteiger partial charge >= 0.3 is 11.9 Å². The molecule has 0 aliphatic carbocycles. The van der Waals surface area contributed by atoms with Crippen LogP contribution in [0.1, 0.15) is 32.5 Å². The lowest BCUT2D eigenvalue weighted by Crippen LogP contribution is -2.29. The largest absolute Gasteiger partial charge is 0.507 e. The van der Waals surface area contributed by atoms with Crippen LogP contribution in [-0.4, -0.2) is 41.5 Å². The van der Waals surface area contributed by atoms with Gasteiger partial charge in [0.1, 0.15) is 23.0 Å². The number of anilines is 1. The number of ether oxygens (including phenoxy) is 2. The Labute approximate surface area is 226 Å². The first-order valence-electron chi connectivity index (χ1n) is 10.8. The molecule has 1 saturated heterocycles. The fraction of sp³-hybridized carbons (Fsp3) is 0.154. The van der Waals surface area contributed by atoms with E-state index in [-0.39, 0.29) is 32.2 Å². The van der Waals surface area contributed by atoms with Crippen molar-refractivity contribution in [3.8, 4) is 5.75 Å². The predicted molar refractivity (Wildman–Crippen MR) is 142 cm³/mol. The molecule has 1 aliphatic rings. The quantitative estimate of drug-likeness (QED) is 0.129. The Kier molecular flexibility index (Phi) is 7.68. The number of thiazole rings is 1. The normalized spacial score (nSPS) is 16.6. The number of hydrogen-bond donors (Lipinski definition) is 1. The van der Waals surface area contributed by atoms with E-state index in [0.29, 0.717) is 22.6 Å². The summed E-state index contributed by atoms with van der Waals surface area (Å²) in [5.41, 5.74) is 0.858. The molecule has 8 nitrogen and oxygen atoms in total. The number of nitrogens with zero attached hydrogens (tertiary/aromatic N) is 2. The molecule has 2 aromatic carbocycles. The van der Waals surface area contributed by atoms with Crippen LogP contribution in [0.25, 0.3) is 5.76 Å². The highest BCUT2D eigenvalue weighted by Gasteiger charge is 2.48. The number of methoxy groups -OCH3 is 1. The lowest BCUT2D eigenvalue weighted by atomic mass is 9.95. The van der Waals surface area contributed by atoms with Crippen molar-refractivity contribution in [2.75, 3.05) is 18.6 Å². The van der Waals surface area contributed by atoms with E-state index in [1.165, 1.54) is 25.3 Å². The van der Waals surface area contributed by atoms with Gasteiger partial charge in [0.25, 0.3) is 5.78 Å². The van der Waals surface area contributed by atoms with Crippen LogP contribution in [0.2, 0.25) is 10.0 Å². The minimum Gasteiger partial charge on any atom is -0.507 e. The maximum atomic E-state index is 13.3. The Morgan fingerprint density at radius 1 is 1.19 bits per heavy atom. The molecule has 1 N–H and O–H groups in total. The summed E-state index contributed by atoms with van der Waals surface area (Å²) in [6, 6.07) is 9.89. The van der Waals surface area contributed by atoms with Gasteiger partial charge in [-0.3, -0.25) is 14.5 Å². The topological polar surface area (TPSA) is 106 Å². The van der Waals surface area contributed by atoms with Gasteiger partial charge in [-0.25, -0.2) is 9.78 Å². The number of aliphatic hydroxyl groups excluding tert-OH is 1. The molecule has 1 fully saturated rings. The van der Waals surface area contributed by atoms with Crippen LogP contribution in [0.5, 0.6) is 5.75 Å². The molecule has 0 bridgehead atoms. The van der Waals surface area contributed by atoms with Gasteiger partial charge in [-0.2, -0.15) is 0 Å². The van der Waals surface area contributed by atoms with Crippen LogP contribution < -0.4 is 9.64 Å². The molecule has 1 aromatic heterocycles. The number of rotatable bonds is 7. The van der Waals surface area contributed by atoms with Crippen molar-refractivity contribution in [3.05, 3.63) is 92.4 Å². The smallest absolute Gasteiger partial charge is 0.350 e. The Morgan fingerprint density at radius 2 is 1.89 bits per heavy atom. The van der Waals surface area contributed by atoms with Crippen molar-refractivity contribution in [3.63, 3.8) is 0 Å². The third kappa shape index (κ3) is 4.98. The van der Waals surface area contributed by atoms with Crippen LogP contribution >= 0.6 is 34.5 Å². The van der Waals surface area contributed by atoms with E-state index in [1.807, 2.05) is 0 Å². The number of amides is 1. The monoisotopic (exact) mass is 558 g/mol. The van der Waals surface area contributed by atoms with E-state index < -0.39 is 29.5 Å². The molecule has 2 heterocycles. The second-order valence-corrected chi connectivity index (χ2v) is 9.66. The van der Waals surface area contributed by atoms with E-state index >= 15 is 0 Å². The Balaban J connectivity index is 1.89. The summed E-state index contributed by atoms with van der Waals surface area (Å²) in [4.78, 5) is 44.8. The molecule has 1 aliphatic heterocycles. The van der Waals surface area contributed by atoms with Crippen LogP contribution in [0.15, 0.2) is 60.7 Å². The highest BCUT2D eigenvalue weighted by atomic mass is 35.5. The minimum absolute atomic E-state index is 0.00115. The maximum absolute atomic E-state index is 13.3. The summed E-state index contributed by atoms with van der Waals surface area (Å²) >= 11 is 13.3. The highest BCUT2D eigenvalue weighted by molar-refractivity contribution is 7.17. The first-order chi connectivity index (χ1) is 17.7.